The van der Waals surface area contributed by atoms with Crippen LogP contribution in [0.5, 0.6) is 0 Å². The second-order valence-corrected chi connectivity index (χ2v) is 7.76. The number of hydrogen-bond acceptors (Lipinski definition) is 2. The third-order valence-electron chi connectivity index (χ3n) is 4.97. The molecule has 0 aliphatic heterocycles. The summed E-state index contributed by atoms with van der Waals surface area (Å²) in [5.41, 5.74) is 4.07. The van der Waals surface area contributed by atoms with Gasteiger partial charge in [0.05, 0.1) is 12.2 Å². The van der Waals surface area contributed by atoms with Crippen molar-refractivity contribution in [3.63, 3.8) is 0 Å². The highest BCUT2D eigenvalue weighted by Crippen LogP contribution is 2.26. The number of aromatic carboxylic acids is 1. The minimum atomic E-state index is -1.27. The highest BCUT2D eigenvalue weighted by Gasteiger charge is 2.14. The first kappa shape index (κ1) is 22.3. The van der Waals surface area contributed by atoms with Gasteiger partial charge in [-0.3, -0.25) is 0 Å². The second-order valence-electron chi connectivity index (χ2n) is 7.76. The molecule has 1 N–H and O–H groups in total. The van der Waals surface area contributed by atoms with Crippen LogP contribution in [-0.4, -0.2) is 17.2 Å². The molecular weight excluding hydrogens is 391 g/mol. The van der Waals surface area contributed by atoms with Crippen LogP contribution in [0.1, 0.15) is 40.9 Å². The van der Waals surface area contributed by atoms with E-state index in [0.717, 1.165) is 22.3 Å². The third kappa shape index (κ3) is 5.81. The summed E-state index contributed by atoms with van der Waals surface area (Å²) in [5.74, 6) is 4.61. The zero-order valence-electron chi connectivity index (χ0n) is 17.9. The predicted molar refractivity (Wildman–Crippen MR) is 120 cm³/mol. The number of benzene rings is 3. The van der Waals surface area contributed by atoms with Gasteiger partial charge in [-0.1, -0.05) is 68.2 Å². The monoisotopic (exact) mass is 416 g/mol. The van der Waals surface area contributed by atoms with E-state index < -0.39 is 11.8 Å². The standard InChI is InChI=1S/C27H25FO3/c1-18(2)26(14-10-20-7-5-4-6-8-20)31-17-21-9-12-23(19(3)15-21)22-11-13-24(27(29)30)25(28)16-22/h4-9,11-13,15-16,18,26H,17H2,1-3H3,(H,29,30). The molecule has 158 valence electrons. The van der Waals surface area contributed by atoms with Crippen LogP contribution in [-0.2, 0) is 11.3 Å². The molecule has 0 spiro atoms. The van der Waals surface area contributed by atoms with Gasteiger partial charge in [0.15, 0.2) is 0 Å². The lowest BCUT2D eigenvalue weighted by molar-refractivity contribution is 0.0493. The van der Waals surface area contributed by atoms with E-state index in [4.69, 9.17) is 9.84 Å². The minimum Gasteiger partial charge on any atom is -0.478 e. The van der Waals surface area contributed by atoms with E-state index in [0.29, 0.717) is 12.2 Å². The maximum Gasteiger partial charge on any atom is 0.338 e. The molecule has 0 fully saturated rings. The summed E-state index contributed by atoms with van der Waals surface area (Å²) in [5, 5.41) is 9.00. The van der Waals surface area contributed by atoms with Gasteiger partial charge in [-0.05, 0) is 59.4 Å². The third-order valence-corrected chi connectivity index (χ3v) is 4.97. The van der Waals surface area contributed by atoms with Crippen molar-refractivity contribution in [2.75, 3.05) is 0 Å². The van der Waals surface area contributed by atoms with E-state index in [2.05, 4.69) is 25.7 Å². The average molecular weight is 416 g/mol. The number of carbonyl (C=O) groups is 1. The maximum atomic E-state index is 14.1. The largest absolute Gasteiger partial charge is 0.478 e. The predicted octanol–water partition coefficient (Wildman–Crippen LogP) is 6.09. The van der Waals surface area contributed by atoms with Gasteiger partial charge in [0, 0.05) is 5.56 Å². The normalized spacial score (nSPS) is 11.6. The minimum absolute atomic E-state index is 0.196. The average Bonchev–Trinajstić information content (AvgIpc) is 2.74. The summed E-state index contributed by atoms with van der Waals surface area (Å²) in [6, 6.07) is 19.8. The van der Waals surface area contributed by atoms with Crippen LogP contribution in [0.4, 0.5) is 4.39 Å². The molecule has 3 aromatic rings. The Kier molecular flexibility index (Phi) is 7.23. The van der Waals surface area contributed by atoms with E-state index in [9.17, 15) is 9.18 Å². The van der Waals surface area contributed by atoms with Crippen molar-refractivity contribution >= 4 is 5.97 Å². The van der Waals surface area contributed by atoms with Gasteiger partial charge < -0.3 is 9.84 Å². The fourth-order valence-corrected chi connectivity index (χ4v) is 3.26. The maximum absolute atomic E-state index is 14.1. The van der Waals surface area contributed by atoms with Crippen molar-refractivity contribution in [1.29, 1.82) is 0 Å². The summed E-state index contributed by atoms with van der Waals surface area (Å²) in [7, 11) is 0. The van der Waals surface area contributed by atoms with Gasteiger partial charge in [-0.15, -0.1) is 0 Å². The van der Waals surface area contributed by atoms with E-state index in [-0.39, 0.29) is 17.6 Å². The molecule has 0 amide bonds. The SMILES string of the molecule is Cc1cc(COC(C#Cc2ccccc2)C(C)C)ccc1-c1ccc(C(=O)O)c(F)c1. The molecule has 0 heterocycles. The Hall–Kier alpha value is -3.42. The van der Waals surface area contributed by atoms with E-state index >= 15 is 0 Å². The van der Waals surface area contributed by atoms with Gasteiger partial charge in [0.1, 0.15) is 11.9 Å². The lowest BCUT2D eigenvalue weighted by Gasteiger charge is -2.17. The molecule has 0 radical (unpaired) electrons. The molecule has 0 aliphatic rings. The molecule has 4 heteroatoms. The lowest BCUT2D eigenvalue weighted by Crippen LogP contribution is -2.17. The molecule has 0 saturated heterocycles. The quantitative estimate of drug-likeness (QED) is 0.495. The summed E-state index contributed by atoms with van der Waals surface area (Å²) in [6.45, 7) is 6.51. The number of halogens is 1. The molecule has 0 aromatic heterocycles. The van der Waals surface area contributed by atoms with Gasteiger partial charge >= 0.3 is 5.97 Å². The number of carboxylic acid groups (broad SMARTS) is 1. The number of carboxylic acids is 1. The molecule has 3 rings (SSSR count). The first-order valence-corrected chi connectivity index (χ1v) is 10.2. The Morgan fingerprint density at radius 1 is 1.06 bits per heavy atom. The van der Waals surface area contributed by atoms with Crippen molar-refractivity contribution < 1.29 is 19.0 Å². The van der Waals surface area contributed by atoms with Crippen LogP contribution in [0.2, 0.25) is 0 Å². The first-order valence-electron chi connectivity index (χ1n) is 10.2. The molecule has 0 saturated carbocycles. The molecule has 1 unspecified atom stereocenters. The van der Waals surface area contributed by atoms with Crippen LogP contribution in [0.15, 0.2) is 66.7 Å². The van der Waals surface area contributed by atoms with Crippen molar-refractivity contribution in [1.82, 2.24) is 0 Å². The van der Waals surface area contributed by atoms with E-state index in [1.807, 2.05) is 55.5 Å². The Balaban J connectivity index is 1.73. The molecular formula is C27H25FO3. The fourth-order valence-electron chi connectivity index (χ4n) is 3.26. The Labute approximate surface area is 182 Å². The van der Waals surface area contributed by atoms with Crippen molar-refractivity contribution in [2.24, 2.45) is 5.92 Å². The lowest BCUT2D eigenvalue weighted by atomic mass is 9.97. The van der Waals surface area contributed by atoms with E-state index in [1.54, 1.807) is 6.07 Å². The number of rotatable bonds is 6. The van der Waals surface area contributed by atoms with Crippen LogP contribution in [0.3, 0.4) is 0 Å². The van der Waals surface area contributed by atoms with Gasteiger partial charge in [-0.2, -0.15) is 0 Å². The molecule has 0 bridgehead atoms. The zero-order valence-corrected chi connectivity index (χ0v) is 17.9. The highest BCUT2D eigenvalue weighted by atomic mass is 19.1. The molecule has 3 aromatic carbocycles. The Morgan fingerprint density at radius 3 is 2.42 bits per heavy atom. The van der Waals surface area contributed by atoms with Gasteiger partial charge in [0.25, 0.3) is 0 Å². The van der Waals surface area contributed by atoms with Crippen LogP contribution < -0.4 is 0 Å². The van der Waals surface area contributed by atoms with Gasteiger partial charge in [-0.25, -0.2) is 9.18 Å². The smallest absolute Gasteiger partial charge is 0.338 e. The number of aryl methyl sites for hydroxylation is 1. The van der Waals surface area contributed by atoms with E-state index in [1.165, 1.54) is 12.1 Å². The number of hydrogen-bond donors (Lipinski definition) is 1. The number of ether oxygens (including phenoxy) is 1. The Morgan fingerprint density at radius 2 is 1.81 bits per heavy atom. The summed E-state index contributed by atoms with van der Waals surface area (Å²) < 4.78 is 20.1. The molecule has 0 aliphatic carbocycles. The molecule has 3 nitrogen and oxygen atoms in total. The first-order chi connectivity index (χ1) is 14.8. The van der Waals surface area contributed by atoms with Crippen LogP contribution >= 0.6 is 0 Å². The van der Waals surface area contributed by atoms with Crippen molar-refractivity contribution in [2.45, 2.75) is 33.5 Å². The molecule has 31 heavy (non-hydrogen) atoms. The highest BCUT2D eigenvalue weighted by molar-refractivity contribution is 5.88. The zero-order chi connectivity index (χ0) is 22.4. The fraction of sp³-hybridized carbons (Fsp3) is 0.222. The second kappa shape index (κ2) is 10.1. The van der Waals surface area contributed by atoms with Crippen molar-refractivity contribution in [3.8, 4) is 23.0 Å². The molecule has 1 atom stereocenters. The summed E-state index contributed by atoms with van der Waals surface area (Å²) in [6.07, 6.45) is -0.196. The van der Waals surface area contributed by atoms with Crippen LogP contribution in [0.25, 0.3) is 11.1 Å². The van der Waals surface area contributed by atoms with Gasteiger partial charge in [0.2, 0.25) is 0 Å². The van der Waals surface area contributed by atoms with Crippen LogP contribution in [0, 0.1) is 30.5 Å². The summed E-state index contributed by atoms with van der Waals surface area (Å²) in [4.78, 5) is 11.0. The summed E-state index contributed by atoms with van der Waals surface area (Å²) >= 11 is 0. The Bertz CT molecular complexity index is 1120. The van der Waals surface area contributed by atoms with Crippen molar-refractivity contribution in [3.05, 3.63) is 94.8 Å². The topological polar surface area (TPSA) is 46.5 Å².